The van der Waals surface area contributed by atoms with Crippen LogP contribution in [-0.4, -0.2) is 43.0 Å². The molecule has 0 unspecified atom stereocenters. The molecule has 1 fully saturated rings. The van der Waals surface area contributed by atoms with E-state index < -0.39 is 0 Å². The molecular weight excluding hydrogens is 296 g/mol. The molecule has 0 saturated carbocycles. The average Bonchev–Trinajstić information content (AvgIpc) is 2.60. The summed E-state index contributed by atoms with van der Waals surface area (Å²) >= 11 is 0. The van der Waals surface area contributed by atoms with Crippen LogP contribution in [0.15, 0.2) is 48.5 Å². The van der Waals surface area contributed by atoms with Crippen LogP contribution in [-0.2, 0) is 19.6 Å². The van der Waals surface area contributed by atoms with Crippen LogP contribution in [0, 0.1) is 0 Å². The lowest BCUT2D eigenvalue weighted by Crippen LogP contribution is -2.43. The van der Waals surface area contributed by atoms with Crippen LogP contribution in [0.2, 0.25) is 0 Å². The fraction of sp³-hybridized carbons (Fsp3) is 0.400. The fourth-order valence-electron chi connectivity index (χ4n) is 3.01. The largest absolute Gasteiger partial charge is 0.399 e. The van der Waals surface area contributed by atoms with E-state index in [1.165, 1.54) is 42.9 Å². The molecule has 128 valence electrons. The van der Waals surface area contributed by atoms with Crippen LogP contribution >= 0.6 is 0 Å². The Balaban J connectivity index is 1.43. The summed E-state index contributed by atoms with van der Waals surface area (Å²) in [4.78, 5) is 4.93. The van der Waals surface area contributed by atoms with Gasteiger partial charge in [0.05, 0.1) is 0 Å². The van der Waals surface area contributed by atoms with Crippen LogP contribution in [0.1, 0.15) is 16.7 Å². The number of hydrogen-bond acceptors (Lipinski definition) is 4. The van der Waals surface area contributed by atoms with E-state index in [1.54, 1.807) is 0 Å². The zero-order valence-corrected chi connectivity index (χ0v) is 14.5. The first-order valence-corrected chi connectivity index (χ1v) is 8.73. The van der Waals surface area contributed by atoms with Crippen LogP contribution in [0.5, 0.6) is 0 Å². The van der Waals surface area contributed by atoms with Gasteiger partial charge in [-0.15, -0.1) is 0 Å². The maximum absolute atomic E-state index is 5.71. The number of hydrogen-bond donors (Lipinski definition) is 2. The van der Waals surface area contributed by atoms with Gasteiger partial charge < -0.3 is 16.0 Å². The van der Waals surface area contributed by atoms with Crippen molar-refractivity contribution >= 4 is 5.69 Å². The van der Waals surface area contributed by atoms with Gasteiger partial charge in [-0.05, 0) is 35.9 Å². The van der Waals surface area contributed by atoms with Crippen LogP contribution in [0.3, 0.4) is 0 Å². The Morgan fingerprint density at radius 2 is 1.29 bits per heavy atom. The molecule has 0 spiro atoms. The molecule has 24 heavy (non-hydrogen) atoms. The lowest BCUT2D eigenvalue weighted by atomic mass is 10.1. The van der Waals surface area contributed by atoms with Crippen LogP contribution < -0.4 is 11.1 Å². The van der Waals surface area contributed by atoms with Crippen molar-refractivity contribution in [2.45, 2.75) is 19.6 Å². The summed E-state index contributed by atoms with van der Waals surface area (Å²) < 4.78 is 0. The maximum atomic E-state index is 5.71. The highest BCUT2D eigenvalue weighted by Crippen LogP contribution is 2.10. The molecule has 2 aromatic rings. The number of nitrogen functional groups attached to an aromatic ring is 1. The lowest BCUT2D eigenvalue weighted by Gasteiger charge is -2.32. The SMILES string of the molecule is CN1CCN(Cc2ccc(CNCc3ccc(N)cc3)cc2)CC1. The Morgan fingerprint density at radius 1 is 0.792 bits per heavy atom. The Labute approximate surface area is 145 Å². The van der Waals surface area contributed by atoms with Crippen LogP contribution in [0.25, 0.3) is 0 Å². The topological polar surface area (TPSA) is 44.5 Å². The second-order valence-electron chi connectivity index (χ2n) is 6.74. The zero-order valence-electron chi connectivity index (χ0n) is 14.5. The summed E-state index contributed by atoms with van der Waals surface area (Å²) in [5.41, 5.74) is 10.5. The number of nitrogens with one attached hydrogen (secondary N) is 1. The Kier molecular flexibility index (Phi) is 5.86. The van der Waals surface area contributed by atoms with Crippen molar-refractivity contribution in [3.63, 3.8) is 0 Å². The van der Waals surface area contributed by atoms with Gasteiger partial charge in [-0.25, -0.2) is 0 Å². The third-order valence-corrected chi connectivity index (χ3v) is 4.66. The number of rotatable bonds is 6. The second kappa shape index (κ2) is 8.29. The van der Waals surface area contributed by atoms with E-state index in [0.29, 0.717) is 0 Å². The van der Waals surface area contributed by atoms with Gasteiger partial charge in [-0.1, -0.05) is 36.4 Å². The third-order valence-electron chi connectivity index (χ3n) is 4.66. The van der Waals surface area contributed by atoms with Crippen molar-refractivity contribution in [3.05, 3.63) is 65.2 Å². The standard InChI is InChI=1S/C20H28N4/c1-23-10-12-24(13-11-23)16-19-4-2-17(3-5-19)14-22-15-18-6-8-20(21)9-7-18/h2-9,22H,10-16,21H2,1H3. The molecule has 1 saturated heterocycles. The third kappa shape index (κ3) is 5.06. The highest BCUT2D eigenvalue weighted by atomic mass is 15.2. The van der Waals surface area contributed by atoms with Crippen molar-refractivity contribution in [2.75, 3.05) is 39.0 Å². The highest BCUT2D eigenvalue weighted by Gasteiger charge is 2.13. The predicted molar refractivity (Wildman–Crippen MR) is 101 cm³/mol. The summed E-state index contributed by atoms with van der Waals surface area (Å²) in [6, 6.07) is 17.0. The van der Waals surface area contributed by atoms with Crippen molar-refractivity contribution in [2.24, 2.45) is 0 Å². The number of likely N-dealkylation sites (N-methyl/N-ethyl adjacent to an activating group) is 1. The molecule has 0 radical (unpaired) electrons. The monoisotopic (exact) mass is 324 g/mol. The summed E-state index contributed by atoms with van der Waals surface area (Å²) in [6.45, 7) is 7.50. The number of benzene rings is 2. The molecule has 0 atom stereocenters. The van der Waals surface area contributed by atoms with Gasteiger partial charge in [0.1, 0.15) is 0 Å². The van der Waals surface area contributed by atoms with E-state index in [1.807, 2.05) is 12.1 Å². The smallest absolute Gasteiger partial charge is 0.0314 e. The van der Waals surface area contributed by atoms with E-state index in [2.05, 4.69) is 58.6 Å². The van der Waals surface area contributed by atoms with Gasteiger partial charge in [0.25, 0.3) is 0 Å². The quantitative estimate of drug-likeness (QED) is 0.801. The number of nitrogens with zero attached hydrogens (tertiary/aromatic N) is 2. The molecule has 1 aliphatic rings. The Morgan fingerprint density at radius 3 is 1.88 bits per heavy atom. The molecule has 3 N–H and O–H groups in total. The molecule has 2 aromatic carbocycles. The summed E-state index contributed by atoms with van der Waals surface area (Å²) in [5.74, 6) is 0. The number of anilines is 1. The average molecular weight is 324 g/mol. The number of nitrogens with two attached hydrogens (primary N) is 1. The van der Waals surface area contributed by atoms with E-state index >= 15 is 0 Å². The van der Waals surface area contributed by atoms with Gasteiger partial charge in [0, 0.05) is 51.5 Å². The summed E-state index contributed by atoms with van der Waals surface area (Å²) in [7, 11) is 2.20. The predicted octanol–water partition coefficient (Wildman–Crippen LogP) is 2.31. The van der Waals surface area contributed by atoms with Crippen molar-refractivity contribution in [1.29, 1.82) is 0 Å². The highest BCUT2D eigenvalue weighted by molar-refractivity contribution is 5.39. The normalized spacial score (nSPS) is 16.4. The summed E-state index contributed by atoms with van der Waals surface area (Å²) in [5, 5.41) is 3.49. The Bertz CT molecular complexity index is 613. The first-order valence-electron chi connectivity index (χ1n) is 8.73. The second-order valence-corrected chi connectivity index (χ2v) is 6.74. The van der Waals surface area contributed by atoms with E-state index in [-0.39, 0.29) is 0 Å². The van der Waals surface area contributed by atoms with Gasteiger partial charge in [-0.2, -0.15) is 0 Å². The van der Waals surface area contributed by atoms with E-state index in [0.717, 1.165) is 25.3 Å². The Hall–Kier alpha value is -1.88. The van der Waals surface area contributed by atoms with Gasteiger partial charge in [0.2, 0.25) is 0 Å². The zero-order chi connectivity index (χ0) is 16.8. The molecular formula is C20H28N4. The molecule has 3 rings (SSSR count). The molecule has 0 aromatic heterocycles. The van der Waals surface area contributed by atoms with E-state index in [4.69, 9.17) is 5.73 Å². The molecule has 4 heteroatoms. The maximum Gasteiger partial charge on any atom is 0.0314 e. The first kappa shape index (κ1) is 17.0. The van der Waals surface area contributed by atoms with Crippen molar-refractivity contribution in [1.82, 2.24) is 15.1 Å². The van der Waals surface area contributed by atoms with Gasteiger partial charge in [0.15, 0.2) is 0 Å². The first-order chi connectivity index (χ1) is 11.7. The lowest BCUT2D eigenvalue weighted by molar-refractivity contribution is 0.148. The van der Waals surface area contributed by atoms with Gasteiger partial charge in [-0.3, -0.25) is 4.90 Å². The molecule has 1 heterocycles. The molecule has 0 bridgehead atoms. The number of piperazine rings is 1. The van der Waals surface area contributed by atoms with Crippen LogP contribution in [0.4, 0.5) is 5.69 Å². The van der Waals surface area contributed by atoms with E-state index in [9.17, 15) is 0 Å². The van der Waals surface area contributed by atoms with Gasteiger partial charge >= 0.3 is 0 Å². The molecule has 1 aliphatic heterocycles. The minimum Gasteiger partial charge on any atom is -0.399 e. The molecule has 0 aliphatic carbocycles. The summed E-state index contributed by atoms with van der Waals surface area (Å²) in [6.07, 6.45) is 0. The minimum atomic E-state index is 0.815. The van der Waals surface area contributed by atoms with Crippen molar-refractivity contribution < 1.29 is 0 Å². The molecule has 4 nitrogen and oxygen atoms in total. The minimum absolute atomic E-state index is 0.815. The van der Waals surface area contributed by atoms with Crippen molar-refractivity contribution in [3.8, 4) is 0 Å². The fourth-order valence-corrected chi connectivity index (χ4v) is 3.01. The molecule has 0 amide bonds.